The van der Waals surface area contributed by atoms with Gasteiger partial charge in [-0.25, -0.2) is 0 Å². The van der Waals surface area contributed by atoms with E-state index in [9.17, 15) is 33.9 Å². The maximum atomic E-state index is 13.0. The second-order valence-corrected chi connectivity index (χ2v) is 9.58. The van der Waals surface area contributed by atoms with Gasteiger partial charge in [-0.15, -0.1) is 11.3 Å². The zero-order chi connectivity index (χ0) is 23.0. The number of nitrogens with zero attached hydrogens (tertiary/aromatic N) is 3. The second-order valence-electron chi connectivity index (χ2n) is 5.97. The number of hydrogen-bond acceptors (Lipinski definition) is 10. The summed E-state index contributed by atoms with van der Waals surface area (Å²) in [5.41, 5.74) is -0.821. The molecule has 0 bridgehead atoms. The predicted molar refractivity (Wildman–Crippen MR) is 114 cm³/mol. The van der Waals surface area contributed by atoms with Crippen molar-refractivity contribution in [2.75, 3.05) is 18.8 Å². The van der Waals surface area contributed by atoms with Crippen LogP contribution in [-0.2, 0) is 30.5 Å². The molecule has 2 aliphatic rings. The van der Waals surface area contributed by atoms with Crippen molar-refractivity contribution in [1.29, 1.82) is 0 Å². The van der Waals surface area contributed by atoms with Crippen molar-refractivity contribution in [2.24, 2.45) is 0 Å². The number of thioether (sulfide) groups is 2. The summed E-state index contributed by atoms with van der Waals surface area (Å²) >= 11 is 7.39. The summed E-state index contributed by atoms with van der Waals surface area (Å²) in [6.45, 7) is -2.20. The molecule has 16 heteroatoms. The fourth-order valence-corrected chi connectivity index (χ4v) is 6.43. The lowest BCUT2D eigenvalue weighted by Crippen LogP contribution is -2.38. The van der Waals surface area contributed by atoms with Crippen molar-refractivity contribution in [1.82, 2.24) is 14.4 Å². The van der Waals surface area contributed by atoms with E-state index in [-0.39, 0.29) is 29.2 Å². The maximum Gasteiger partial charge on any atom is 0.323 e. The summed E-state index contributed by atoms with van der Waals surface area (Å²) < 4.78 is 0.564. The van der Waals surface area contributed by atoms with Crippen LogP contribution in [0.1, 0.15) is 0 Å². The summed E-state index contributed by atoms with van der Waals surface area (Å²) in [7, 11) is 0. The summed E-state index contributed by atoms with van der Waals surface area (Å²) in [5.74, 6) is -5.43. The molecule has 0 aromatic carbocycles. The van der Waals surface area contributed by atoms with Gasteiger partial charge >= 0.3 is 17.9 Å². The fourth-order valence-electron chi connectivity index (χ4n) is 2.67. The van der Waals surface area contributed by atoms with Gasteiger partial charge in [0, 0.05) is 0 Å². The van der Waals surface area contributed by atoms with E-state index in [1.807, 2.05) is 0 Å². The quantitative estimate of drug-likeness (QED) is 0.356. The van der Waals surface area contributed by atoms with Gasteiger partial charge < -0.3 is 15.3 Å². The number of carbonyl (C=O) groups is 5. The molecule has 0 saturated carbocycles. The smallest absolute Gasteiger partial charge is 0.323 e. The second kappa shape index (κ2) is 8.81. The highest BCUT2D eigenvalue weighted by atomic mass is 32.2. The molecular weight excluding hydrogens is 494 g/mol. The molecule has 3 heterocycles. The van der Waals surface area contributed by atoms with E-state index in [1.54, 1.807) is 0 Å². The third-order valence-corrected chi connectivity index (χ3v) is 7.85. The first-order valence-corrected chi connectivity index (χ1v) is 11.1. The van der Waals surface area contributed by atoms with E-state index in [0.717, 1.165) is 37.9 Å². The Labute approximate surface area is 189 Å². The molecule has 0 aliphatic carbocycles. The van der Waals surface area contributed by atoms with E-state index >= 15 is 0 Å². The highest BCUT2D eigenvalue weighted by molar-refractivity contribution is 8.30. The molecule has 0 atom stereocenters. The number of thiazole rings is 1. The van der Waals surface area contributed by atoms with Crippen LogP contribution in [0.2, 0.25) is 0 Å². The molecule has 3 N–H and O–H groups in total. The third-order valence-electron chi connectivity index (χ3n) is 3.88. The lowest BCUT2D eigenvalue weighted by atomic mass is 10.4. The van der Waals surface area contributed by atoms with Crippen molar-refractivity contribution >= 4 is 91.1 Å². The van der Waals surface area contributed by atoms with Crippen molar-refractivity contribution in [3.05, 3.63) is 19.5 Å². The summed E-state index contributed by atoms with van der Waals surface area (Å²) in [4.78, 5) is 72.7. The minimum Gasteiger partial charge on any atom is -0.480 e. The van der Waals surface area contributed by atoms with E-state index in [0.29, 0.717) is 11.3 Å². The Morgan fingerprint density at radius 3 is 2.10 bits per heavy atom. The number of aliphatic carboxylic acids is 3. The van der Waals surface area contributed by atoms with Gasteiger partial charge in [-0.1, -0.05) is 35.7 Å². The molecule has 1 aromatic rings. The lowest BCUT2D eigenvalue weighted by molar-refractivity contribution is -0.141. The highest BCUT2D eigenvalue weighted by Crippen LogP contribution is 2.32. The number of rotatable bonds is 6. The Morgan fingerprint density at radius 1 is 0.935 bits per heavy atom. The standard InChI is InChI=1S/C15H11N3O9S4/c19-5-4-29-13(16(5)1-6(20)21)9-11(26)17(2-7(22)23)14(30-9)10-12(27)18(3-8(24)25)15(28)31-10/h1-4H2,(H,20,21)(H,22,23)(H,24,25)/b13-9+,14-10-. The molecule has 31 heavy (non-hydrogen) atoms. The number of hydrogen-bond donors (Lipinski definition) is 3. The first-order valence-electron chi connectivity index (χ1n) is 8.11. The summed E-state index contributed by atoms with van der Waals surface area (Å²) in [6.07, 6.45) is 0. The topological polar surface area (TPSA) is 175 Å². The number of thiocarbonyl (C=S) groups is 1. The Morgan fingerprint density at radius 2 is 1.52 bits per heavy atom. The fraction of sp³-hybridized carbons (Fsp3) is 0.267. The van der Waals surface area contributed by atoms with Gasteiger partial charge in [-0.2, -0.15) is 0 Å². The molecule has 0 unspecified atom stereocenters. The van der Waals surface area contributed by atoms with E-state index in [2.05, 4.69) is 0 Å². The van der Waals surface area contributed by atoms with Crippen LogP contribution in [0, 0.1) is 0 Å². The Kier molecular flexibility index (Phi) is 6.54. The van der Waals surface area contributed by atoms with Gasteiger partial charge in [0.2, 0.25) is 5.91 Å². The monoisotopic (exact) mass is 505 g/mol. The molecule has 2 saturated heterocycles. The van der Waals surface area contributed by atoms with Crippen molar-refractivity contribution in [2.45, 2.75) is 6.54 Å². The van der Waals surface area contributed by atoms with Gasteiger partial charge in [0.1, 0.15) is 43.1 Å². The molecule has 0 spiro atoms. The van der Waals surface area contributed by atoms with Gasteiger partial charge in [0.15, 0.2) is 0 Å². The molecule has 0 radical (unpaired) electrons. The number of carbonyl (C=O) groups excluding carboxylic acids is 2. The molecule has 12 nitrogen and oxygen atoms in total. The zero-order valence-electron chi connectivity index (χ0n) is 15.1. The largest absolute Gasteiger partial charge is 0.480 e. The van der Waals surface area contributed by atoms with Crippen LogP contribution in [0.3, 0.4) is 0 Å². The van der Waals surface area contributed by atoms with Crippen LogP contribution < -0.4 is 14.8 Å². The number of carboxylic acids is 3. The van der Waals surface area contributed by atoms with Crippen LogP contribution in [0.5, 0.6) is 0 Å². The molecule has 3 rings (SSSR count). The molecule has 164 valence electrons. The van der Waals surface area contributed by atoms with Gasteiger partial charge in [-0.05, 0) is 0 Å². The minimum atomic E-state index is -1.38. The molecule has 2 amide bonds. The van der Waals surface area contributed by atoms with Crippen LogP contribution in [0.25, 0.3) is 9.93 Å². The van der Waals surface area contributed by atoms with E-state index in [1.165, 1.54) is 0 Å². The number of carboxylic acid groups (broad SMARTS) is 3. The van der Waals surface area contributed by atoms with E-state index in [4.69, 9.17) is 22.4 Å². The van der Waals surface area contributed by atoms with Crippen LogP contribution in [0.15, 0.2) is 4.79 Å². The first kappa shape index (κ1) is 23.0. The maximum absolute atomic E-state index is 13.0. The number of amides is 2. The van der Waals surface area contributed by atoms with Gasteiger partial charge in [0.05, 0.1) is 5.75 Å². The van der Waals surface area contributed by atoms with E-state index < -0.39 is 54.9 Å². The Balaban J connectivity index is 2.29. The SMILES string of the molecule is O=C(O)CN1C(=O)/C(=c2/s/c(=C3/SCC(=O)N3CC(=O)O)c(=O)n2CC(=O)O)SC1=S. The summed E-state index contributed by atoms with van der Waals surface area (Å²) in [5, 5.41) is 27.3. The highest BCUT2D eigenvalue weighted by Gasteiger charge is 2.36. The molecule has 1 aromatic heterocycles. The van der Waals surface area contributed by atoms with Crippen LogP contribution >= 0.6 is 47.1 Å². The first-order chi connectivity index (χ1) is 14.5. The molecule has 2 fully saturated rings. The van der Waals surface area contributed by atoms with Crippen molar-refractivity contribution in [3.63, 3.8) is 0 Å². The predicted octanol–water partition coefficient (Wildman–Crippen LogP) is -2.23. The van der Waals surface area contributed by atoms with Crippen LogP contribution in [-0.4, -0.2) is 82.6 Å². The molecule has 2 aliphatic heterocycles. The van der Waals surface area contributed by atoms with Crippen molar-refractivity contribution in [3.8, 4) is 0 Å². The average molecular weight is 506 g/mol. The Bertz CT molecular complexity index is 1230. The third kappa shape index (κ3) is 4.51. The van der Waals surface area contributed by atoms with Gasteiger partial charge in [-0.3, -0.25) is 43.1 Å². The normalized spacial score (nSPS) is 20.1. The van der Waals surface area contributed by atoms with Gasteiger partial charge in [0.25, 0.3) is 11.5 Å². The minimum absolute atomic E-state index is 0.0498. The molecular formula is C15H11N3O9S4. The van der Waals surface area contributed by atoms with Crippen LogP contribution in [0.4, 0.5) is 0 Å². The Hall–Kier alpha value is -2.69. The zero-order valence-corrected chi connectivity index (χ0v) is 18.4. The average Bonchev–Trinajstić information content (AvgIpc) is 3.25. The number of aromatic nitrogens is 1. The summed E-state index contributed by atoms with van der Waals surface area (Å²) in [6, 6.07) is 0. The lowest BCUT2D eigenvalue weighted by Gasteiger charge is -2.12. The van der Waals surface area contributed by atoms with Crippen molar-refractivity contribution < 1.29 is 39.3 Å².